The molecular weight excluding hydrogens is 274 g/mol. The van der Waals surface area contributed by atoms with E-state index in [0.29, 0.717) is 18.2 Å². The number of aromatic nitrogens is 1. The third kappa shape index (κ3) is 2.17. The van der Waals surface area contributed by atoms with Crippen LogP contribution in [0, 0.1) is 6.92 Å². The molecule has 0 aliphatic heterocycles. The Morgan fingerprint density at radius 3 is 2.64 bits per heavy atom. The molecule has 1 aromatic heterocycles. The Kier molecular flexibility index (Phi) is 3.65. The van der Waals surface area contributed by atoms with E-state index in [0.717, 1.165) is 10.9 Å². The molecular formula is C19H21NO2. The third-order valence-corrected chi connectivity index (χ3v) is 4.05. The Labute approximate surface area is 130 Å². The Hall–Kier alpha value is -2.29. The van der Waals surface area contributed by atoms with Crippen molar-refractivity contribution in [3.05, 3.63) is 47.5 Å². The van der Waals surface area contributed by atoms with Gasteiger partial charge in [0, 0.05) is 22.3 Å². The van der Waals surface area contributed by atoms with Crippen LogP contribution >= 0.6 is 0 Å². The van der Waals surface area contributed by atoms with Gasteiger partial charge in [-0.1, -0.05) is 18.2 Å². The second-order valence-corrected chi connectivity index (χ2v) is 5.89. The fraction of sp³-hybridized carbons (Fsp3) is 0.316. The summed E-state index contributed by atoms with van der Waals surface area (Å²) < 4.78 is 7.46. The van der Waals surface area contributed by atoms with E-state index in [-0.39, 0.29) is 5.97 Å². The van der Waals surface area contributed by atoms with E-state index in [1.54, 1.807) is 0 Å². The summed E-state index contributed by atoms with van der Waals surface area (Å²) in [6.07, 6.45) is 0. The molecule has 3 nitrogen and oxygen atoms in total. The molecule has 3 heteroatoms. The van der Waals surface area contributed by atoms with Crippen LogP contribution in [-0.2, 0) is 4.74 Å². The van der Waals surface area contributed by atoms with Crippen LogP contribution in [0.2, 0.25) is 0 Å². The van der Waals surface area contributed by atoms with Crippen LogP contribution in [0.25, 0.3) is 21.8 Å². The van der Waals surface area contributed by atoms with Gasteiger partial charge in [0.05, 0.1) is 17.7 Å². The first-order chi connectivity index (χ1) is 10.5. The van der Waals surface area contributed by atoms with Crippen LogP contribution in [0.15, 0.2) is 36.4 Å². The quantitative estimate of drug-likeness (QED) is 0.646. The highest BCUT2D eigenvalue weighted by Gasteiger charge is 2.16. The molecule has 0 saturated heterocycles. The second-order valence-electron chi connectivity index (χ2n) is 5.89. The lowest BCUT2D eigenvalue weighted by Crippen LogP contribution is -2.04. The lowest BCUT2D eigenvalue weighted by atomic mass is 10.1. The van der Waals surface area contributed by atoms with Crippen molar-refractivity contribution < 1.29 is 9.53 Å². The first-order valence-corrected chi connectivity index (χ1v) is 7.75. The van der Waals surface area contributed by atoms with Gasteiger partial charge in [-0.15, -0.1) is 0 Å². The van der Waals surface area contributed by atoms with Crippen molar-refractivity contribution in [1.29, 1.82) is 0 Å². The summed E-state index contributed by atoms with van der Waals surface area (Å²) in [4.78, 5) is 12.0. The van der Waals surface area contributed by atoms with E-state index in [2.05, 4.69) is 43.5 Å². The number of fused-ring (bicyclic) bond motifs is 3. The Morgan fingerprint density at radius 1 is 1.18 bits per heavy atom. The minimum absolute atomic E-state index is 0.262. The molecule has 1 heterocycles. The van der Waals surface area contributed by atoms with Gasteiger partial charge in [-0.2, -0.15) is 0 Å². The van der Waals surface area contributed by atoms with Crippen molar-refractivity contribution in [2.24, 2.45) is 0 Å². The molecule has 3 aromatic rings. The van der Waals surface area contributed by atoms with Crippen LogP contribution in [-0.4, -0.2) is 17.1 Å². The maximum absolute atomic E-state index is 12.0. The largest absolute Gasteiger partial charge is 0.462 e. The van der Waals surface area contributed by atoms with E-state index in [1.165, 1.54) is 16.5 Å². The zero-order chi connectivity index (χ0) is 15.9. The van der Waals surface area contributed by atoms with Gasteiger partial charge >= 0.3 is 5.97 Å². The number of carbonyl (C=O) groups excluding carboxylic acids is 1. The van der Waals surface area contributed by atoms with Crippen LogP contribution in [0.3, 0.4) is 0 Å². The molecule has 0 atom stereocenters. The third-order valence-electron chi connectivity index (χ3n) is 4.05. The second kappa shape index (κ2) is 5.48. The highest BCUT2D eigenvalue weighted by molar-refractivity contribution is 6.11. The summed E-state index contributed by atoms with van der Waals surface area (Å²) in [5, 5.41) is 2.30. The Balaban J connectivity index is 2.36. The van der Waals surface area contributed by atoms with Crippen LogP contribution in [0.4, 0.5) is 0 Å². The monoisotopic (exact) mass is 295 g/mol. The average molecular weight is 295 g/mol. The van der Waals surface area contributed by atoms with Crippen molar-refractivity contribution in [1.82, 2.24) is 4.57 Å². The molecule has 3 rings (SSSR count). The highest BCUT2D eigenvalue weighted by atomic mass is 16.5. The Morgan fingerprint density at radius 2 is 1.95 bits per heavy atom. The van der Waals surface area contributed by atoms with Crippen molar-refractivity contribution in [2.45, 2.75) is 33.7 Å². The summed E-state index contributed by atoms with van der Waals surface area (Å²) in [7, 11) is 0. The van der Waals surface area contributed by atoms with E-state index in [9.17, 15) is 4.79 Å². The normalized spacial score (nSPS) is 11.5. The molecule has 0 spiro atoms. The summed E-state index contributed by atoms with van der Waals surface area (Å²) in [5.41, 5.74) is 4.26. The summed E-state index contributed by atoms with van der Waals surface area (Å²) in [6.45, 7) is 8.72. The molecule has 0 bridgehead atoms. The molecule has 2 aromatic carbocycles. The molecule has 0 fully saturated rings. The number of nitrogens with zero attached hydrogens (tertiary/aromatic N) is 1. The Bertz CT molecular complexity index is 859. The van der Waals surface area contributed by atoms with E-state index < -0.39 is 0 Å². The number of rotatable bonds is 3. The zero-order valence-electron chi connectivity index (χ0n) is 13.5. The maximum atomic E-state index is 12.0. The molecule has 0 radical (unpaired) electrons. The number of carbonyl (C=O) groups is 1. The predicted octanol–water partition coefficient (Wildman–Crippen LogP) is 4.86. The molecule has 0 amide bonds. The summed E-state index contributed by atoms with van der Waals surface area (Å²) >= 11 is 0. The average Bonchev–Trinajstić information content (AvgIpc) is 2.83. The summed E-state index contributed by atoms with van der Waals surface area (Å²) in [5.74, 6) is -0.262. The fourth-order valence-corrected chi connectivity index (χ4v) is 3.16. The van der Waals surface area contributed by atoms with E-state index in [4.69, 9.17) is 4.74 Å². The number of hydrogen-bond donors (Lipinski definition) is 0. The molecule has 0 aliphatic rings. The van der Waals surface area contributed by atoms with Gasteiger partial charge < -0.3 is 9.30 Å². The predicted molar refractivity (Wildman–Crippen MR) is 90.5 cm³/mol. The first-order valence-electron chi connectivity index (χ1n) is 7.75. The van der Waals surface area contributed by atoms with Crippen LogP contribution < -0.4 is 0 Å². The summed E-state index contributed by atoms with van der Waals surface area (Å²) in [6, 6.07) is 12.5. The number of esters is 1. The van der Waals surface area contributed by atoms with Gasteiger partial charge in [0.2, 0.25) is 0 Å². The van der Waals surface area contributed by atoms with Crippen molar-refractivity contribution in [3.63, 3.8) is 0 Å². The van der Waals surface area contributed by atoms with Crippen LogP contribution in [0.1, 0.15) is 42.7 Å². The molecule has 22 heavy (non-hydrogen) atoms. The lowest BCUT2D eigenvalue weighted by Gasteiger charge is -2.13. The van der Waals surface area contributed by atoms with Gasteiger partial charge in [0.15, 0.2) is 0 Å². The van der Waals surface area contributed by atoms with Crippen molar-refractivity contribution in [2.75, 3.05) is 6.61 Å². The number of aryl methyl sites for hydroxylation is 1. The topological polar surface area (TPSA) is 31.2 Å². The number of ether oxygens (including phenoxy) is 1. The minimum atomic E-state index is -0.262. The van der Waals surface area contributed by atoms with Gasteiger partial charge in [-0.3, -0.25) is 0 Å². The maximum Gasteiger partial charge on any atom is 0.338 e. The smallest absolute Gasteiger partial charge is 0.338 e. The fourth-order valence-electron chi connectivity index (χ4n) is 3.16. The lowest BCUT2D eigenvalue weighted by molar-refractivity contribution is 0.0526. The number of hydrogen-bond acceptors (Lipinski definition) is 2. The van der Waals surface area contributed by atoms with E-state index in [1.807, 2.05) is 25.1 Å². The van der Waals surface area contributed by atoms with Crippen molar-refractivity contribution >= 4 is 27.8 Å². The molecule has 0 saturated carbocycles. The highest BCUT2D eigenvalue weighted by Crippen LogP contribution is 2.34. The SMILES string of the molecule is CCOC(=O)c1ccc2c(c1)c1cccc(C)c1n2C(C)C. The zero-order valence-corrected chi connectivity index (χ0v) is 13.5. The minimum Gasteiger partial charge on any atom is -0.462 e. The molecule has 0 aliphatic carbocycles. The van der Waals surface area contributed by atoms with Crippen molar-refractivity contribution in [3.8, 4) is 0 Å². The van der Waals surface area contributed by atoms with E-state index >= 15 is 0 Å². The molecule has 114 valence electrons. The standard InChI is InChI=1S/C19H21NO2/c1-5-22-19(21)14-9-10-17-16(11-14)15-8-6-7-13(4)18(15)20(17)12(2)3/h6-12H,5H2,1-4H3. The molecule has 0 N–H and O–H groups in total. The van der Waals surface area contributed by atoms with Gasteiger partial charge in [-0.25, -0.2) is 4.79 Å². The number of para-hydroxylation sites is 1. The number of benzene rings is 2. The van der Waals surface area contributed by atoms with Gasteiger partial charge in [0.25, 0.3) is 0 Å². The first kappa shape index (κ1) is 14.6. The molecule has 0 unspecified atom stereocenters. The van der Waals surface area contributed by atoms with Crippen LogP contribution in [0.5, 0.6) is 0 Å². The van der Waals surface area contributed by atoms with Gasteiger partial charge in [-0.05, 0) is 51.5 Å². The van der Waals surface area contributed by atoms with Gasteiger partial charge in [0.1, 0.15) is 0 Å².